The Kier molecular flexibility index (Phi) is 7.38. The molecule has 2 N–H and O–H groups in total. The molecule has 1 aromatic heterocycles. The largest absolute Gasteiger partial charge is 0.418 e. The van der Waals surface area contributed by atoms with E-state index in [0.717, 1.165) is 51.0 Å². The molecule has 2 aromatic rings. The van der Waals surface area contributed by atoms with Crippen molar-refractivity contribution in [2.75, 3.05) is 44.7 Å². The van der Waals surface area contributed by atoms with Crippen LogP contribution in [0.2, 0.25) is 0 Å². The highest BCUT2D eigenvalue weighted by molar-refractivity contribution is 5.90. The molecular weight excluding hydrogens is 397 g/mol. The number of carbonyl (C=O) groups excluding carboxylic acids is 1. The van der Waals surface area contributed by atoms with Gasteiger partial charge in [-0.05, 0) is 24.3 Å². The molecule has 0 spiro atoms. The number of aryl methyl sites for hydroxylation is 1. The first kappa shape index (κ1) is 22.2. The number of amides is 2. The van der Waals surface area contributed by atoms with E-state index in [9.17, 15) is 18.0 Å². The van der Waals surface area contributed by atoms with Gasteiger partial charge in [-0.15, -0.1) is 0 Å². The van der Waals surface area contributed by atoms with Crippen molar-refractivity contribution < 1.29 is 27.6 Å². The summed E-state index contributed by atoms with van der Waals surface area (Å²) in [5, 5.41) is 2.47. The molecule has 1 aromatic carbocycles. The maximum absolute atomic E-state index is 13.3. The van der Waals surface area contributed by atoms with Crippen molar-refractivity contribution in [2.24, 2.45) is 7.05 Å². The summed E-state index contributed by atoms with van der Waals surface area (Å²) >= 11 is 0. The molecule has 0 saturated carbocycles. The second-order valence-corrected chi connectivity index (χ2v) is 7.47. The van der Waals surface area contributed by atoms with E-state index in [1.54, 1.807) is 4.90 Å². The molecule has 1 aliphatic rings. The lowest BCUT2D eigenvalue weighted by molar-refractivity contribution is -0.908. The van der Waals surface area contributed by atoms with Gasteiger partial charge in [0.15, 0.2) is 0 Å². The van der Waals surface area contributed by atoms with E-state index in [-0.39, 0.29) is 5.69 Å². The summed E-state index contributed by atoms with van der Waals surface area (Å²) in [4.78, 5) is 15.9. The Balaban J connectivity index is 1.69. The highest BCUT2D eigenvalue weighted by Crippen LogP contribution is 2.34. The molecule has 0 atom stereocenters. The van der Waals surface area contributed by atoms with Crippen molar-refractivity contribution in [3.63, 3.8) is 0 Å². The van der Waals surface area contributed by atoms with Crippen LogP contribution in [0.3, 0.4) is 0 Å². The number of halogens is 3. The summed E-state index contributed by atoms with van der Waals surface area (Å²) in [6.45, 7) is 5.00. The first-order valence-electron chi connectivity index (χ1n) is 10.1. The van der Waals surface area contributed by atoms with Gasteiger partial charge in [0.2, 0.25) is 0 Å². The monoisotopic (exact) mass is 425 g/mol. The number of quaternary nitrogens is 1. The Morgan fingerprint density at radius 2 is 1.93 bits per heavy atom. The number of benzene rings is 1. The van der Waals surface area contributed by atoms with Crippen LogP contribution in [0.1, 0.15) is 17.7 Å². The molecule has 2 heterocycles. The van der Waals surface area contributed by atoms with Crippen molar-refractivity contribution in [3.8, 4) is 0 Å². The number of para-hydroxylation sites is 1. The molecule has 0 unspecified atom stereocenters. The predicted molar refractivity (Wildman–Crippen MR) is 107 cm³/mol. The highest BCUT2D eigenvalue weighted by atomic mass is 19.4. The Hall–Kier alpha value is -2.52. The van der Waals surface area contributed by atoms with Crippen LogP contribution in [0.15, 0.2) is 42.6 Å². The standard InChI is InChI=1S/C21H27F3N4O2/c1-26-9-4-6-17(26)16-28(11-5-10-27-12-14-30-15-13-27)20(29)25-19-8-3-2-7-18(19)21(22,23)24/h2-4,6-9H,5,10-16H2,1H3,(H,25,29)/p+1. The van der Waals surface area contributed by atoms with Gasteiger partial charge < -0.3 is 24.4 Å². The topological polar surface area (TPSA) is 50.9 Å². The third kappa shape index (κ3) is 5.99. The molecule has 1 fully saturated rings. The van der Waals surface area contributed by atoms with Crippen molar-refractivity contribution in [1.29, 1.82) is 0 Å². The van der Waals surface area contributed by atoms with E-state index < -0.39 is 17.8 Å². The number of hydrogen-bond acceptors (Lipinski definition) is 2. The first-order chi connectivity index (χ1) is 14.3. The third-order valence-corrected chi connectivity index (χ3v) is 5.32. The Bertz CT molecular complexity index is 832. The van der Waals surface area contributed by atoms with Gasteiger partial charge in [0.25, 0.3) is 0 Å². The zero-order valence-corrected chi connectivity index (χ0v) is 17.0. The van der Waals surface area contributed by atoms with Crippen molar-refractivity contribution in [2.45, 2.75) is 19.1 Å². The van der Waals surface area contributed by atoms with Gasteiger partial charge in [-0.2, -0.15) is 13.2 Å². The number of rotatable bonds is 7. The minimum atomic E-state index is -4.54. The molecule has 3 rings (SSSR count). The second kappa shape index (κ2) is 9.99. The van der Waals surface area contributed by atoms with E-state index >= 15 is 0 Å². The SMILES string of the molecule is Cn1cccc1CN(CCC[NH+]1CCOCC1)C(=O)Nc1ccccc1C(F)(F)F. The Morgan fingerprint density at radius 1 is 1.20 bits per heavy atom. The number of nitrogens with one attached hydrogen (secondary N) is 2. The molecule has 2 amide bonds. The minimum absolute atomic E-state index is 0.231. The number of hydrogen-bond donors (Lipinski definition) is 2. The summed E-state index contributed by atoms with van der Waals surface area (Å²) in [5.41, 5.74) is -0.173. The summed E-state index contributed by atoms with van der Waals surface area (Å²) < 4.78 is 47.1. The first-order valence-corrected chi connectivity index (χ1v) is 10.1. The zero-order chi connectivity index (χ0) is 21.6. The Morgan fingerprint density at radius 3 is 2.60 bits per heavy atom. The Labute approximate surface area is 174 Å². The van der Waals surface area contributed by atoms with E-state index in [4.69, 9.17) is 4.74 Å². The smallest absolute Gasteiger partial charge is 0.370 e. The molecule has 1 aliphatic heterocycles. The molecule has 6 nitrogen and oxygen atoms in total. The molecule has 0 aliphatic carbocycles. The van der Waals surface area contributed by atoms with Crippen LogP contribution in [0.5, 0.6) is 0 Å². The van der Waals surface area contributed by atoms with Crippen molar-refractivity contribution >= 4 is 11.7 Å². The van der Waals surface area contributed by atoms with Gasteiger partial charge in [0.1, 0.15) is 13.1 Å². The van der Waals surface area contributed by atoms with E-state index in [2.05, 4.69) is 5.32 Å². The predicted octanol–water partition coefficient (Wildman–Crippen LogP) is 2.38. The van der Waals surface area contributed by atoms with Gasteiger partial charge in [0.05, 0.1) is 37.6 Å². The lowest BCUT2D eigenvalue weighted by Gasteiger charge is -2.27. The quantitative estimate of drug-likeness (QED) is 0.716. The lowest BCUT2D eigenvalue weighted by Crippen LogP contribution is -3.14. The number of nitrogens with zero attached hydrogens (tertiary/aromatic N) is 2. The number of carbonyl (C=O) groups is 1. The van der Waals surface area contributed by atoms with Gasteiger partial charge >= 0.3 is 12.2 Å². The summed E-state index contributed by atoms with van der Waals surface area (Å²) in [6, 6.07) is 8.28. The number of urea groups is 1. The molecule has 1 saturated heterocycles. The molecule has 9 heteroatoms. The van der Waals surface area contributed by atoms with Crippen molar-refractivity contribution in [1.82, 2.24) is 9.47 Å². The van der Waals surface area contributed by atoms with Crippen molar-refractivity contribution in [3.05, 3.63) is 53.9 Å². The summed E-state index contributed by atoms with van der Waals surface area (Å²) in [7, 11) is 1.88. The number of ether oxygens (including phenoxy) is 1. The van der Waals surface area contributed by atoms with Crippen LogP contribution in [0.4, 0.5) is 23.7 Å². The van der Waals surface area contributed by atoms with Crippen LogP contribution in [-0.4, -0.2) is 54.9 Å². The average molecular weight is 425 g/mol. The van der Waals surface area contributed by atoms with E-state index in [0.29, 0.717) is 13.1 Å². The maximum atomic E-state index is 13.3. The van der Waals surface area contributed by atoms with Gasteiger partial charge in [-0.1, -0.05) is 12.1 Å². The number of morpholine rings is 1. The second-order valence-electron chi connectivity index (χ2n) is 7.47. The van der Waals surface area contributed by atoms with Crippen LogP contribution < -0.4 is 10.2 Å². The van der Waals surface area contributed by atoms with Gasteiger partial charge in [0, 0.05) is 31.9 Å². The molecule has 164 valence electrons. The summed E-state index contributed by atoms with van der Waals surface area (Å²) in [6.07, 6.45) is -1.90. The summed E-state index contributed by atoms with van der Waals surface area (Å²) in [5.74, 6) is 0. The molecule has 0 radical (unpaired) electrons. The van der Waals surface area contributed by atoms with E-state index in [1.165, 1.54) is 23.1 Å². The zero-order valence-electron chi connectivity index (χ0n) is 17.0. The number of alkyl halides is 3. The average Bonchev–Trinajstić information content (AvgIpc) is 3.12. The maximum Gasteiger partial charge on any atom is 0.418 e. The molecular formula is C21H28F3N4O2+. The lowest BCUT2D eigenvalue weighted by atomic mass is 10.1. The van der Waals surface area contributed by atoms with Gasteiger partial charge in [-0.25, -0.2) is 4.79 Å². The fourth-order valence-corrected chi connectivity index (χ4v) is 3.57. The van der Waals surface area contributed by atoms with Crippen LogP contribution in [0.25, 0.3) is 0 Å². The third-order valence-electron chi connectivity index (χ3n) is 5.32. The number of anilines is 1. The fourth-order valence-electron chi connectivity index (χ4n) is 3.57. The van der Waals surface area contributed by atoms with Gasteiger partial charge in [-0.3, -0.25) is 0 Å². The van der Waals surface area contributed by atoms with E-state index in [1.807, 2.05) is 29.9 Å². The number of aromatic nitrogens is 1. The van der Waals surface area contributed by atoms with Crippen LogP contribution in [-0.2, 0) is 24.5 Å². The highest BCUT2D eigenvalue weighted by Gasteiger charge is 2.34. The fraction of sp³-hybridized carbons (Fsp3) is 0.476. The van der Waals surface area contributed by atoms with Crippen LogP contribution in [0, 0.1) is 0 Å². The normalized spacial score (nSPS) is 15.2. The van der Waals surface area contributed by atoms with Crippen LogP contribution >= 0.6 is 0 Å². The molecule has 0 bridgehead atoms. The molecule has 30 heavy (non-hydrogen) atoms. The minimum Gasteiger partial charge on any atom is -0.370 e.